The standard InChI is InChI=1S/C14H27N3O3/c1-3-4-5-12(13(18)19)16-14(20)15-10-11-6-8-17(2)9-7-11/h11-12H,3-10H2,1-2H3,(H,18,19)(H2,15,16,20)/t12-/m0/s1. The van der Waals surface area contributed by atoms with Gasteiger partial charge in [0.15, 0.2) is 0 Å². The minimum absolute atomic E-state index is 0.368. The molecule has 116 valence electrons. The summed E-state index contributed by atoms with van der Waals surface area (Å²) in [4.78, 5) is 25.0. The van der Waals surface area contributed by atoms with Gasteiger partial charge < -0.3 is 20.6 Å². The summed E-state index contributed by atoms with van der Waals surface area (Å²) in [5, 5.41) is 14.4. The lowest BCUT2D eigenvalue weighted by atomic mass is 9.97. The van der Waals surface area contributed by atoms with Crippen molar-refractivity contribution in [1.29, 1.82) is 0 Å². The van der Waals surface area contributed by atoms with Crippen molar-refractivity contribution >= 4 is 12.0 Å². The molecular formula is C14H27N3O3. The Kier molecular flexibility index (Phi) is 7.36. The summed E-state index contributed by atoms with van der Waals surface area (Å²) in [6.45, 7) is 4.74. The van der Waals surface area contributed by atoms with E-state index in [1.807, 2.05) is 6.92 Å². The van der Waals surface area contributed by atoms with Gasteiger partial charge in [-0.05, 0) is 45.3 Å². The molecule has 6 heteroatoms. The molecule has 1 aliphatic heterocycles. The first-order chi connectivity index (χ1) is 9.52. The summed E-state index contributed by atoms with van der Waals surface area (Å²) in [5.74, 6) is -0.469. The van der Waals surface area contributed by atoms with Gasteiger partial charge in [0.2, 0.25) is 0 Å². The van der Waals surface area contributed by atoms with Gasteiger partial charge in [0.25, 0.3) is 0 Å². The van der Waals surface area contributed by atoms with E-state index in [1.165, 1.54) is 0 Å². The number of urea groups is 1. The van der Waals surface area contributed by atoms with Crippen molar-refractivity contribution in [1.82, 2.24) is 15.5 Å². The molecule has 3 N–H and O–H groups in total. The maximum atomic E-state index is 11.7. The average Bonchev–Trinajstić information content (AvgIpc) is 2.42. The fraction of sp³-hybridized carbons (Fsp3) is 0.857. The Labute approximate surface area is 120 Å². The molecule has 0 aromatic rings. The molecule has 1 heterocycles. The lowest BCUT2D eigenvalue weighted by Gasteiger charge is -2.29. The summed E-state index contributed by atoms with van der Waals surface area (Å²) in [5.41, 5.74) is 0. The number of piperidine rings is 1. The second-order valence-electron chi connectivity index (χ2n) is 5.63. The predicted octanol–water partition coefficient (Wildman–Crippen LogP) is 1.27. The van der Waals surface area contributed by atoms with Crippen molar-refractivity contribution in [2.75, 3.05) is 26.7 Å². The van der Waals surface area contributed by atoms with Crippen LogP contribution in [0.4, 0.5) is 4.79 Å². The molecule has 20 heavy (non-hydrogen) atoms. The summed E-state index contributed by atoms with van der Waals surface area (Å²) in [6.07, 6.45) is 4.35. The molecule has 0 aromatic carbocycles. The van der Waals surface area contributed by atoms with Crippen molar-refractivity contribution in [3.05, 3.63) is 0 Å². The zero-order valence-corrected chi connectivity index (χ0v) is 12.5. The number of carbonyl (C=O) groups excluding carboxylic acids is 1. The topological polar surface area (TPSA) is 81.7 Å². The first-order valence-electron chi connectivity index (χ1n) is 7.48. The van der Waals surface area contributed by atoms with E-state index in [9.17, 15) is 9.59 Å². The number of amides is 2. The molecule has 1 aliphatic rings. The van der Waals surface area contributed by atoms with Crippen LogP contribution in [0.15, 0.2) is 0 Å². The third-order valence-corrected chi connectivity index (χ3v) is 3.84. The maximum Gasteiger partial charge on any atom is 0.326 e. The number of unbranched alkanes of at least 4 members (excludes halogenated alkanes) is 1. The number of carboxylic acid groups (broad SMARTS) is 1. The Hall–Kier alpha value is -1.30. The van der Waals surface area contributed by atoms with Gasteiger partial charge in [-0.1, -0.05) is 19.8 Å². The molecule has 0 bridgehead atoms. The van der Waals surface area contributed by atoms with E-state index in [0.29, 0.717) is 18.9 Å². The Morgan fingerprint density at radius 3 is 2.55 bits per heavy atom. The van der Waals surface area contributed by atoms with Crippen LogP contribution >= 0.6 is 0 Å². The van der Waals surface area contributed by atoms with Crippen molar-refractivity contribution < 1.29 is 14.7 Å². The van der Waals surface area contributed by atoms with Gasteiger partial charge in [-0.15, -0.1) is 0 Å². The van der Waals surface area contributed by atoms with E-state index in [2.05, 4.69) is 22.6 Å². The van der Waals surface area contributed by atoms with Crippen molar-refractivity contribution in [3.8, 4) is 0 Å². The molecule has 1 atom stereocenters. The zero-order valence-electron chi connectivity index (χ0n) is 12.5. The highest BCUT2D eigenvalue weighted by Gasteiger charge is 2.21. The van der Waals surface area contributed by atoms with E-state index < -0.39 is 12.0 Å². The minimum atomic E-state index is -0.965. The molecule has 0 aromatic heterocycles. The minimum Gasteiger partial charge on any atom is -0.480 e. The van der Waals surface area contributed by atoms with Crippen LogP contribution in [0.3, 0.4) is 0 Å². The largest absolute Gasteiger partial charge is 0.480 e. The molecule has 2 amide bonds. The van der Waals surface area contributed by atoms with Gasteiger partial charge in [-0.25, -0.2) is 9.59 Å². The summed E-state index contributed by atoms with van der Waals surface area (Å²) in [6, 6.07) is -1.15. The Balaban J connectivity index is 2.25. The highest BCUT2D eigenvalue weighted by molar-refractivity contribution is 5.82. The molecule has 6 nitrogen and oxygen atoms in total. The van der Waals surface area contributed by atoms with Crippen LogP contribution in [0.2, 0.25) is 0 Å². The number of carbonyl (C=O) groups is 2. The molecule has 0 spiro atoms. The number of likely N-dealkylation sites (tertiary alicyclic amines) is 1. The van der Waals surface area contributed by atoms with Crippen LogP contribution in [0, 0.1) is 5.92 Å². The lowest BCUT2D eigenvalue weighted by Crippen LogP contribution is -2.47. The lowest BCUT2D eigenvalue weighted by molar-refractivity contribution is -0.139. The van der Waals surface area contributed by atoms with Crippen molar-refractivity contribution in [2.24, 2.45) is 5.92 Å². The summed E-state index contributed by atoms with van der Waals surface area (Å²) in [7, 11) is 2.10. The van der Waals surface area contributed by atoms with Gasteiger partial charge in [-0.3, -0.25) is 0 Å². The average molecular weight is 285 g/mol. The number of hydrogen-bond donors (Lipinski definition) is 3. The predicted molar refractivity (Wildman–Crippen MR) is 77.7 cm³/mol. The van der Waals surface area contributed by atoms with Gasteiger partial charge in [0, 0.05) is 6.54 Å². The third kappa shape index (κ3) is 6.23. The Morgan fingerprint density at radius 2 is 2.00 bits per heavy atom. The van der Waals surface area contributed by atoms with Gasteiger partial charge >= 0.3 is 12.0 Å². The molecule has 1 rings (SSSR count). The van der Waals surface area contributed by atoms with E-state index in [1.54, 1.807) is 0 Å². The Morgan fingerprint density at radius 1 is 1.35 bits per heavy atom. The molecule has 0 radical (unpaired) electrons. The first-order valence-corrected chi connectivity index (χ1v) is 7.48. The van der Waals surface area contributed by atoms with Crippen molar-refractivity contribution in [2.45, 2.75) is 45.1 Å². The first kappa shape index (κ1) is 16.8. The maximum absolute atomic E-state index is 11.7. The van der Waals surface area contributed by atoms with Gasteiger partial charge in [0.05, 0.1) is 0 Å². The van der Waals surface area contributed by atoms with Crippen LogP contribution in [-0.2, 0) is 4.79 Å². The van der Waals surface area contributed by atoms with E-state index >= 15 is 0 Å². The van der Waals surface area contributed by atoms with E-state index in [-0.39, 0.29) is 6.03 Å². The quantitative estimate of drug-likeness (QED) is 0.658. The van der Waals surface area contributed by atoms with E-state index in [4.69, 9.17) is 5.11 Å². The van der Waals surface area contributed by atoms with Crippen LogP contribution in [0.5, 0.6) is 0 Å². The molecular weight excluding hydrogens is 258 g/mol. The van der Waals surface area contributed by atoms with Crippen LogP contribution in [0.1, 0.15) is 39.0 Å². The number of nitrogens with one attached hydrogen (secondary N) is 2. The van der Waals surface area contributed by atoms with Gasteiger partial charge in [0.1, 0.15) is 6.04 Å². The second-order valence-corrected chi connectivity index (χ2v) is 5.63. The van der Waals surface area contributed by atoms with Crippen molar-refractivity contribution in [3.63, 3.8) is 0 Å². The SMILES string of the molecule is CCCC[C@H](NC(=O)NCC1CCN(C)CC1)C(=O)O. The highest BCUT2D eigenvalue weighted by Crippen LogP contribution is 2.14. The molecule has 1 fully saturated rings. The normalized spacial score (nSPS) is 18.5. The van der Waals surface area contributed by atoms with E-state index in [0.717, 1.165) is 38.8 Å². The summed E-state index contributed by atoms with van der Waals surface area (Å²) < 4.78 is 0. The number of hydrogen-bond acceptors (Lipinski definition) is 3. The Bertz CT molecular complexity index is 315. The zero-order chi connectivity index (χ0) is 15.0. The third-order valence-electron chi connectivity index (χ3n) is 3.84. The fourth-order valence-electron chi connectivity index (χ4n) is 2.38. The molecule has 0 saturated carbocycles. The van der Waals surface area contributed by atoms with Crippen LogP contribution in [0.25, 0.3) is 0 Å². The monoisotopic (exact) mass is 285 g/mol. The molecule has 0 unspecified atom stereocenters. The second kappa shape index (κ2) is 8.79. The van der Waals surface area contributed by atoms with Crippen LogP contribution in [-0.4, -0.2) is 54.7 Å². The van der Waals surface area contributed by atoms with Gasteiger partial charge in [-0.2, -0.15) is 0 Å². The fourth-order valence-corrected chi connectivity index (χ4v) is 2.38. The number of aliphatic carboxylic acids is 1. The number of nitrogens with zero attached hydrogens (tertiary/aromatic N) is 1. The number of rotatable bonds is 7. The summed E-state index contributed by atoms with van der Waals surface area (Å²) >= 11 is 0. The molecule has 0 aliphatic carbocycles. The number of carboxylic acids is 1. The highest BCUT2D eigenvalue weighted by atomic mass is 16.4. The smallest absolute Gasteiger partial charge is 0.326 e. The molecule has 1 saturated heterocycles. The van der Waals surface area contributed by atoms with Crippen LogP contribution < -0.4 is 10.6 Å².